The van der Waals surface area contributed by atoms with E-state index in [1.165, 1.54) is 0 Å². The summed E-state index contributed by atoms with van der Waals surface area (Å²) < 4.78 is 0. The van der Waals surface area contributed by atoms with E-state index in [1.807, 2.05) is 121 Å². The maximum Gasteiger partial charge on any atom is 0.165 e. The average molecular weight is 692 g/mol. The van der Waals surface area contributed by atoms with Gasteiger partial charge in [0, 0.05) is 33.4 Å². The molecule has 9 aromatic rings. The third kappa shape index (κ3) is 6.47. The van der Waals surface area contributed by atoms with Crippen LogP contribution in [0, 0.1) is 11.3 Å². The lowest BCUT2D eigenvalue weighted by molar-refractivity contribution is 1.07. The Kier molecular flexibility index (Phi) is 8.44. The summed E-state index contributed by atoms with van der Waals surface area (Å²) >= 11 is 0. The maximum atomic E-state index is 9.95. The first-order valence-corrected chi connectivity index (χ1v) is 17.5. The Labute approximate surface area is 312 Å². The van der Waals surface area contributed by atoms with Gasteiger partial charge in [-0.3, -0.25) is 0 Å². The molecule has 0 saturated heterocycles. The molecule has 0 unspecified atom stereocenters. The molecule has 2 aromatic heterocycles. The Bertz CT molecular complexity index is 2790. The Balaban J connectivity index is 1.14. The molecule has 2 heterocycles. The number of rotatable bonds is 7. The number of hydrogen-bond acceptors (Lipinski definition) is 7. The number of aromatic nitrogens is 6. The van der Waals surface area contributed by atoms with E-state index in [4.69, 9.17) is 29.9 Å². The first-order valence-electron chi connectivity index (χ1n) is 17.5. The molecule has 7 aromatic carbocycles. The van der Waals surface area contributed by atoms with E-state index in [0.29, 0.717) is 46.1 Å². The van der Waals surface area contributed by atoms with E-state index in [1.54, 1.807) is 6.07 Å². The molecule has 54 heavy (non-hydrogen) atoms. The standard InChI is InChI=1S/C47H29N7/c48-30-40-19-9-10-24-41(40)47-53-45(52-46(54-47)39-26-25-31-13-7-8-18-34(31)27-39)38-23-12-21-36(29-38)35-20-11-22-37(28-35)44-50-42(32-14-3-1-4-15-32)49-43(51-44)33-16-5-2-6-17-33/h1-29H. The molecule has 0 bridgehead atoms. The summed E-state index contributed by atoms with van der Waals surface area (Å²) in [4.78, 5) is 29.6. The topological polar surface area (TPSA) is 101 Å². The summed E-state index contributed by atoms with van der Waals surface area (Å²) in [5.41, 5.74) is 7.47. The van der Waals surface area contributed by atoms with E-state index in [0.717, 1.165) is 49.7 Å². The van der Waals surface area contributed by atoms with Crippen molar-refractivity contribution in [2.45, 2.75) is 0 Å². The highest BCUT2D eigenvalue weighted by molar-refractivity contribution is 5.87. The molecule has 9 rings (SSSR count). The Morgan fingerprint density at radius 1 is 0.296 bits per heavy atom. The van der Waals surface area contributed by atoms with Crippen LogP contribution in [0.1, 0.15) is 5.56 Å². The van der Waals surface area contributed by atoms with Crippen LogP contribution < -0.4 is 0 Å². The van der Waals surface area contributed by atoms with Crippen LogP contribution in [0.25, 0.3) is 90.2 Å². The lowest BCUT2D eigenvalue weighted by Gasteiger charge is -2.11. The van der Waals surface area contributed by atoms with E-state index in [-0.39, 0.29) is 0 Å². The van der Waals surface area contributed by atoms with Gasteiger partial charge in [-0.2, -0.15) is 5.26 Å². The Morgan fingerprint density at radius 2 is 0.704 bits per heavy atom. The third-order valence-electron chi connectivity index (χ3n) is 9.21. The molecule has 0 atom stereocenters. The molecule has 0 aliphatic rings. The fourth-order valence-corrected chi connectivity index (χ4v) is 6.47. The molecule has 0 N–H and O–H groups in total. The highest BCUT2D eigenvalue weighted by atomic mass is 15.0. The van der Waals surface area contributed by atoms with Crippen LogP contribution >= 0.6 is 0 Å². The molecule has 0 aliphatic carbocycles. The molecule has 0 aliphatic heterocycles. The molecule has 252 valence electrons. The molecule has 7 heteroatoms. The van der Waals surface area contributed by atoms with Gasteiger partial charge in [0.25, 0.3) is 0 Å². The summed E-state index contributed by atoms with van der Waals surface area (Å²) in [6.07, 6.45) is 0. The van der Waals surface area contributed by atoms with Gasteiger partial charge in [-0.05, 0) is 52.2 Å². The van der Waals surface area contributed by atoms with Crippen LogP contribution in [-0.2, 0) is 0 Å². The van der Waals surface area contributed by atoms with E-state index in [9.17, 15) is 5.26 Å². The first-order chi connectivity index (χ1) is 26.7. The molecule has 0 spiro atoms. The minimum absolute atomic E-state index is 0.436. The van der Waals surface area contributed by atoms with E-state index < -0.39 is 0 Å². The number of fused-ring (bicyclic) bond motifs is 1. The largest absolute Gasteiger partial charge is 0.208 e. The van der Waals surface area contributed by atoms with E-state index in [2.05, 4.69) is 54.6 Å². The van der Waals surface area contributed by atoms with Crippen molar-refractivity contribution in [1.82, 2.24) is 29.9 Å². The summed E-state index contributed by atoms with van der Waals surface area (Å²) in [7, 11) is 0. The molecule has 0 fully saturated rings. The number of hydrogen-bond donors (Lipinski definition) is 0. The zero-order chi connectivity index (χ0) is 36.3. The predicted octanol–water partition coefficient (Wildman–Crippen LogP) is 10.8. The van der Waals surface area contributed by atoms with Crippen LogP contribution in [0.2, 0.25) is 0 Å². The van der Waals surface area contributed by atoms with Gasteiger partial charge in [-0.15, -0.1) is 0 Å². The second-order valence-electron chi connectivity index (χ2n) is 12.7. The number of nitrogens with zero attached hydrogens (tertiary/aromatic N) is 7. The molecular formula is C47H29N7. The quantitative estimate of drug-likeness (QED) is 0.164. The Morgan fingerprint density at radius 3 is 1.26 bits per heavy atom. The fourth-order valence-electron chi connectivity index (χ4n) is 6.47. The zero-order valence-electron chi connectivity index (χ0n) is 28.9. The smallest absolute Gasteiger partial charge is 0.165 e. The van der Waals surface area contributed by atoms with Crippen LogP contribution in [-0.4, -0.2) is 29.9 Å². The number of nitriles is 1. The van der Waals surface area contributed by atoms with Crippen LogP contribution in [0.5, 0.6) is 0 Å². The highest BCUT2D eigenvalue weighted by Crippen LogP contribution is 2.32. The van der Waals surface area contributed by atoms with Gasteiger partial charge in [0.05, 0.1) is 11.6 Å². The average Bonchev–Trinajstić information content (AvgIpc) is 3.26. The van der Waals surface area contributed by atoms with E-state index >= 15 is 0 Å². The second kappa shape index (κ2) is 14.1. The van der Waals surface area contributed by atoms with Crippen molar-refractivity contribution in [3.8, 4) is 85.5 Å². The van der Waals surface area contributed by atoms with Gasteiger partial charge in [0.1, 0.15) is 0 Å². The summed E-state index contributed by atoms with van der Waals surface area (Å²) in [6.45, 7) is 0. The number of benzene rings is 7. The van der Waals surface area contributed by atoms with Gasteiger partial charge in [0.15, 0.2) is 34.9 Å². The van der Waals surface area contributed by atoms with Gasteiger partial charge in [-0.1, -0.05) is 146 Å². The first kappa shape index (κ1) is 32.2. The molecule has 0 radical (unpaired) electrons. The van der Waals surface area contributed by atoms with Crippen molar-refractivity contribution in [3.63, 3.8) is 0 Å². The maximum absolute atomic E-state index is 9.95. The van der Waals surface area contributed by atoms with Gasteiger partial charge in [0.2, 0.25) is 0 Å². The summed E-state index contributed by atoms with van der Waals surface area (Å²) in [5, 5.41) is 12.2. The third-order valence-corrected chi connectivity index (χ3v) is 9.21. The SMILES string of the molecule is N#Cc1ccccc1-c1nc(-c2cccc(-c3cccc(-c4nc(-c5ccccc5)nc(-c5ccccc5)n4)c3)c2)nc(-c2ccc3ccccc3c2)n1. The van der Waals surface area contributed by atoms with Crippen molar-refractivity contribution in [2.75, 3.05) is 0 Å². The monoisotopic (exact) mass is 691 g/mol. The van der Waals surface area contributed by atoms with Crippen molar-refractivity contribution in [1.29, 1.82) is 5.26 Å². The van der Waals surface area contributed by atoms with Crippen molar-refractivity contribution < 1.29 is 0 Å². The summed E-state index contributed by atoms with van der Waals surface area (Å²) in [5.74, 6) is 3.27. The molecule has 0 amide bonds. The lowest BCUT2D eigenvalue weighted by atomic mass is 10.00. The lowest BCUT2D eigenvalue weighted by Crippen LogP contribution is -2.01. The summed E-state index contributed by atoms with van der Waals surface area (Å²) in [6, 6.07) is 60.3. The molecular weight excluding hydrogens is 663 g/mol. The van der Waals surface area contributed by atoms with Gasteiger partial charge >= 0.3 is 0 Å². The minimum atomic E-state index is 0.436. The van der Waals surface area contributed by atoms with Crippen LogP contribution in [0.3, 0.4) is 0 Å². The van der Waals surface area contributed by atoms with Gasteiger partial charge in [-0.25, -0.2) is 29.9 Å². The van der Waals surface area contributed by atoms with Gasteiger partial charge < -0.3 is 0 Å². The predicted molar refractivity (Wildman–Crippen MR) is 213 cm³/mol. The van der Waals surface area contributed by atoms with Crippen molar-refractivity contribution in [2.24, 2.45) is 0 Å². The molecule has 7 nitrogen and oxygen atoms in total. The molecule has 0 saturated carbocycles. The zero-order valence-corrected chi connectivity index (χ0v) is 28.9. The second-order valence-corrected chi connectivity index (χ2v) is 12.7. The normalized spacial score (nSPS) is 10.9. The fraction of sp³-hybridized carbons (Fsp3) is 0. The minimum Gasteiger partial charge on any atom is -0.208 e. The highest BCUT2D eigenvalue weighted by Gasteiger charge is 2.17. The van der Waals surface area contributed by atoms with Crippen molar-refractivity contribution >= 4 is 10.8 Å². The van der Waals surface area contributed by atoms with Crippen molar-refractivity contribution in [3.05, 3.63) is 181 Å². The van der Waals surface area contributed by atoms with Crippen LogP contribution in [0.4, 0.5) is 0 Å². The Hall–Kier alpha value is -7.69. The van der Waals surface area contributed by atoms with Crippen LogP contribution in [0.15, 0.2) is 176 Å².